The lowest BCUT2D eigenvalue weighted by Gasteiger charge is -2.40. The molecular formula is C34H39N3O4. The molecule has 7 nitrogen and oxygen atoms in total. The Kier molecular flexibility index (Phi) is 9.99. The van der Waals surface area contributed by atoms with Crippen molar-refractivity contribution >= 4 is 11.6 Å². The van der Waals surface area contributed by atoms with Gasteiger partial charge in [-0.3, -0.25) is 9.80 Å². The highest BCUT2D eigenvalue weighted by Crippen LogP contribution is 2.30. The van der Waals surface area contributed by atoms with E-state index < -0.39 is 6.10 Å². The van der Waals surface area contributed by atoms with E-state index in [2.05, 4.69) is 75.6 Å². The van der Waals surface area contributed by atoms with E-state index in [9.17, 15) is 5.11 Å². The average Bonchev–Trinajstić information content (AvgIpc) is 3.45. The molecule has 1 saturated heterocycles. The summed E-state index contributed by atoms with van der Waals surface area (Å²) in [5, 5.41) is 14.9. The molecule has 7 heteroatoms. The third-order valence-electron chi connectivity index (χ3n) is 7.44. The number of piperazine rings is 1. The largest absolute Gasteiger partial charge is 0.490 e. The first-order valence-electron chi connectivity index (χ1n) is 14.2. The van der Waals surface area contributed by atoms with Gasteiger partial charge in [0.15, 0.2) is 5.76 Å². The number of ether oxygens (including phenoxy) is 2. The fourth-order valence-electron chi connectivity index (χ4n) is 5.45. The number of nitrogens with zero attached hydrogens (tertiary/aromatic N) is 3. The molecule has 41 heavy (non-hydrogen) atoms. The molecule has 0 saturated carbocycles. The van der Waals surface area contributed by atoms with Crippen molar-refractivity contribution < 1.29 is 19.1 Å². The molecule has 1 unspecified atom stereocenters. The fraction of sp³-hybridized carbons (Fsp3) is 0.324. The van der Waals surface area contributed by atoms with Gasteiger partial charge in [-0.25, -0.2) is 0 Å². The Labute approximate surface area is 242 Å². The van der Waals surface area contributed by atoms with Gasteiger partial charge in [-0.15, -0.1) is 0 Å². The molecule has 4 aromatic rings. The van der Waals surface area contributed by atoms with E-state index in [0.29, 0.717) is 18.9 Å². The molecule has 1 fully saturated rings. The summed E-state index contributed by atoms with van der Waals surface area (Å²) in [5.41, 5.74) is 5.30. The second-order valence-corrected chi connectivity index (χ2v) is 10.5. The summed E-state index contributed by atoms with van der Waals surface area (Å²) in [6.07, 6.45) is 1.34. The minimum Gasteiger partial charge on any atom is -0.490 e. The van der Waals surface area contributed by atoms with Crippen LogP contribution in [0.1, 0.15) is 41.1 Å². The zero-order chi connectivity index (χ0) is 28.4. The summed E-state index contributed by atoms with van der Waals surface area (Å²) >= 11 is 0. The molecule has 0 radical (unpaired) electrons. The Bertz CT molecular complexity index is 1340. The van der Waals surface area contributed by atoms with Gasteiger partial charge >= 0.3 is 0 Å². The number of β-amino-alcohol motifs (C(OH)–C–C–N with tert-alkyl or cyclic N) is 1. The molecule has 1 aromatic heterocycles. The van der Waals surface area contributed by atoms with Crippen LogP contribution >= 0.6 is 0 Å². The summed E-state index contributed by atoms with van der Waals surface area (Å²) in [4.78, 5) is 4.87. The monoisotopic (exact) mass is 553 g/mol. The van der Waals surface area contributed by atoms with Crippen molar-refractivity contribution in [2.24, 2.45) is 0 Å². The van der Waals surface area contributed by atoms with Crippen molar-refractivity contribution in [3.05, 3.63) is 119 Å². The van der Waals surface area contributed by atoms with Crippen molar-refractivity contribution in [3.8, 4) is 5.75 Å². The van der Waals surface area contributed by atoms with Crippen molar-refractivity contribution in [1.29, 1.82) is 0 Å². The van der Waals surface area contributed by atoms with Gasteiger partial charge in [0.05, 0.1) is 12.6 Å². The topological polar surface area (TPSA) is 71.2 Å². The number of aliphatic hydroxyl groups excluding tert-OH is 1. The first-order chi connectivity index (χ1) is 20.1. The van der Waals surface area contributed by atoms with Crippen molar-refractivity contribution in [2.45, 2.75) is 25.7 Å². The van der Waals surface area contributed by atoms with Gasteiger partial charge in [0.1, 0.15) is 24.2 Å². The number of aliphatic hydroxyl groups is 1. The molecule has 5 rings (SSSR count). The third-order valence-corrected chi connectivity index (χ3v) is 7.44. The SMILES string of the molecule is COCc1cc(C=C(C)c2ccccc2OCC(O)CN2CCN(C(c3ccccc3)c3ccccc3)CC2)on1. The Morgan fingerprint density at radius 3 is 2.22 bits per heavy atom. The lowest BCUT2D eigenvalue weighted by Crippen LogP contribution is -2.50. The van der Waals surface area contributed by atoms with Crippen molar-refractivity contribution in [3.63, 3.8) is 0 Å². The second-order valence-electron chi connectivity index (χ2n) is 10.5. The van der Waals surface area contributed by atoms with E-state index in [1.54, 1.807) is 7.11 Å². The Hall–Kier alpha value is -3.75. The van der Waals surface area contributed by atoms with Crippen LogP contribution in [-0.2, 0) is 11.3 Å². The lowest BCUT2D eigenvalue weighted by atomic mass is 9.96. The van der Waals surface area contributed by atoms with Gasteiger partial charge in [0.25, 0.3) is 0 Å². The Morgan fingerprint density at radius 2 is 1.56 bits per heavy atom. The van der Waals surface area contributed by atoms with Gasteiger partial charge < -0.3 is 19.1 Å². The van der Waals surface area contributed by atoms with E-state index in [-0.39, 0.29) is 12.6 Å². The van der Waals surface area contributed by atoms with E-state index in [4.69, 9.17) is 14.0 Å². The Balaban J connectivity index is 1.16. The minimum atomic E-state index is -0.594. The molecule has 0 aliphatic carbocycles. The molecule has 0 bridgehead atoms. The quantitative estimate of drug-likeness (QED) is 0.247. The highest BCUT2D eigenvalue weighted by Gasteiger charge is 2.27. The maximum atomic E-state index is 10.9. The number of hydrogen-bond donors (Lipinski definition) is 1. The second kappa shape index (κ2) is 14.2. The van der Waals surface area contributed by atoms with Gasteiger partial charge in [0, 0.05) is 51.5 Å². The number of hydrogen-bond acceptors (Lipinski definition) is 7. The first-order valence-corrected chi connectivity index (χ1v) is 14.2. The van der Waals surface area contributed by atoms with Crippen LogP contribution in [0.2, 0.25) is 0 Å². The zero-order valence-electron chi connectivity index (χ0n) is 23.9. The smallest absolute Gasteiger partial charge is 0.160 e. The summed E-state index contributed by atoms with van der Waals surface area (Å²) in [6, 6.07) is 31.4. The van der Waals surface area contributed by atoms with Crippen LogP contribution in [0.3, 0.4) is 0 Å². The van der Waals surface area contributed by atoms with Gasteiger partial charge in [-0.2, -0.15) is 0 Å². The van der Waals surface area contributed by atoms with Crippen LogP contribution in [0.25, 0.3) is 11.6 Å². The van der Waals surface area contributed by atoms with Crippen LogP contribution in [-0.4, -0.2) is 72.6 Å². The molecule has 1 atom stereocenters. The van der Waals surface area contributed by atoms with Crippen molar-refractivity contribution in [2.75, 3.05) is 46.4 Å². The number of aromatic nitrogens is 1. The average molecular weight is 554 g/mol. The maximum absolute atomic E-state index is 10.9. The number of rotatable bonds is 12. The van der Waals surface area contributed by atoms with Crippen molar-refractivity contribution in [1.82, 2.24) is 15.0 Å². The van der Waals surface area contributed by atoms with Gasteiger partial charge in [-0.05, 0) is 35.8 Å². The number of para-hydroxylation sites is 1. The molecule has 1 N–H and O–H groups in total. The van der Waals surface area contributed by atoms with E-state index in [1.807, 2.05) is 43.3 Å². The molecule has 1 aliphatic rings. The summed E-state index contributed by atoms with van der Waals surface area (Å²) in [5.74, 6) is 1.39. The Morgan fingerprint density at radius 1 is 0.927 bits per heavy atom. The fourth-order valence-corrected chi connectivity index (χ4v) is 5.45. The van der Waals surface area contributed by atoms with E-state index >= 15 is 0 Å². The van der Waals surface area contributed by atoms with Gasteiger partial charge in [-0.1, -0.05) is 84.0 Å². The third kappa shape index (κ3) is 7.71. The highest BCUT2D eigenvalue weighted by molar-refractivity contribution is 5.81. The number of methoxy groups -OCH3 is 1. The van der Waals surface area contributed by atoms with Crippen LogP contribution in [0.5, 0.6) is 5.75 Å². The molecular weight excluding hydrogens is 514 g/mol. The molecule has 3 aromatic carbocycles. The van der Waals surface area contributed by atoms with E-state index in [1.165, 1.54) is 11.1 Å². The molecule has 1 aliphatic heterocycles. The molecule has 0 spiro atoms. The summed E-state index contributed by atoms with van der Waals surface area (Å²) < 4.78 is 16.7. The van der Waals surface area contributed by atoms with Crippen LogP contribution < -0.4 is 4.74 Å². The molecule has 0 amide bonds. The summed E-state index contributed by atoms with van der Waals surface area (Å²) in [6.45, 7) is 6.87. The maximum Gasteiger partial charge on any atom is 0.160 e. The predicted octanol–water partition coefficient (Wildman–Crippen LogP) is 5.53. The first kappa shape index (κ1) is 28.8. The summed E-state index contributed by atoms with van der Waals surface area (Å²) in [7, 11) is 1.63. The number of allylic oxidation sites excluding steroid dienone is 1. The van der Waals surface area contributed by atoms with Crippen LogP contribution in [0, 0.1) is 0 Å². The lowest BCUT2D eigenvalue weighted by molar-refractivity contribution is 0.0400. The minimum absolute atomic E-state index is 0.224. The number of benzene rings is 3. The molecule has 2 heterocycles. The molecule has 214 valence electrons. The van der Waals surface area contributed by atoms with Crippen LogP contribution in [0.15, 0.2) is 95.5 Å². The predicted molar refractivity (Wildman–Crippen MR) is 161 cm³/mol. The van der Waals surface area contributed by atoms with E-state index in [0.717, 1.165) is 48.8 Å². The van der Waals surface area contributed by atoms with Crippen LogP contribution in [0.4, 0.5) is 0 Å². The van der Waals surface area contributed by atoms with Gasteiger partial charge in [0.2, 0.25) is 0 Å². The zero-order valence-corrected chi connectivity index (χ0v) is 23.9. The normalized spacial score (nSPS) is 15.8. The highest BCUT2D eigenvalue weighted by atomic mass is 16.5. The standard InChI is InChI=1S/C34H39N3O4/c1-26(21-31-22-29(24-39-2)35-41-31)32-15-9-10-16-33(32)40-25-30(38)23-36-17-19-37(20-18-36)34(27-11-5-3-6-12-27)28-13-7-4-8-14-28/h3-16,21-22,30,34,38H,17-20,23-25H2,1-2H3.